The van der Waals surface area contributed by atoms with Crippen molar-refractivity contribution in [2.24, 2.45) is 5.92 Å². The second kappa shape index (κ2) is 13.8. The number of likely N-dealkylation sites (N-methyl/N-ethyl adjacent to an activating group) is 1. The van der Waals surface area contributed by atoms with Crippen LogP contribution in [0.4, 0.5) is 5.00 Å². The number of amides is 3. The Morgan fingerprint density at radius 2 is 1.88 bits per heavy atom. The minimum Gasteiger partial charge on any atom is -0.377 e. The molecule has 0 spiro atoms. The zero-order chi connectivity index (χ0) is 28.8. The zero-order valence-electron chi connectivity index (χ0n) is 23.9. The highest BCUT2D eigenvalue weighted by molar-refractivity contribution is 7.10. The van der Waals surface area contributed by atoms with Gasteiger partial charge in [-0.05, 0) is 39.2 Å². The van der Waals surface area contributed by atoms with Gasteiger partial charge in [0.05, 0.1) is 12.6 Å². The molecule has 4 unspecified atom stereocenters. The number of aromatic nitrogens is 2. The minimum absolute atomic E-state index is 0.0499. The monoisotopic (exact) mass is 583 g/mol. The normalized spacial score (nSPS) is 24.0. The molecule has 5 rings (SSSR count). The molecule has 2 aromatic rings. The van der Waals surface area contributed by atoms with E-state index >= 15 is 0 Å². The molecule has 1 aromatic carbocycles. The average molecular weight is 584 g/mol. The van der Waals surface area contributed by atoms with Crippen LogP contribution in [-0.2, 0) is 19.1 Å². The molecule has 12 heteroatoms. The van der Waals surface area contributed by atoms with Crippen molar-refractivity contribution in [2.75, 3.05) is 45.2 Å². The highest BCUT2D eigenvalue weighted by Crippen LogP contribution is 2.33. The maximum Gasteiger partial charge on any atom is 0.249 e. The van der Waals surface area contributed by atoms with E-state index in [1.807, 2.05) is 37.3 Å². The highest BCUT2D eigenvalue weighted by atomic mass is 32.1. The second-order valence-corrected chi connectivity index (χ2v) is 12.0. The lowest BCUT2D eigenvalue weighted by Gasteiger charge is -2.44. The number of hydrogen-bond donors (Lipinski definition) is 3. The van der Waals surface area contributed by atoms with Crippen LogP contribution in [0.15, 0.2) is 30.3 Å². The van der Waals surface area contributed by atoms with Crippen molar-refractivity contribution in [1.29, 1.82) is 0 Å². The van der Waals surface area contributed by atoms with Crippen LogP contribution in [-0.4, -0.2) is 101 Å². The van der Waals surface area contributed by atoms with E-state index in [4.69, 9.17) is 4.74 Å². The fraction of sp³-hybridized carbons (Fsp3) is 0.621. The Kier molecular flexibility index (Phi) is 9.97. The van der Waals surface area contributed by atoms with Crippen LogP contribution in [0.5, 0.6) is 0 Å². The summed E-state index contributed by atoms with van der Waals surface area (Å²) >= 11 is 1.12. The number of benzene rings is 1. The summed E-state index contributed by atoms with van der Waals surface area (Å²) in [6, 6.07) is 8.32. The van der Waals surface area contributed by atoms with Crippen LogP contribution in [0, 0.1) is 5.92 Å². The van der Waals surface area contributed by atoms with Gasteiger partial charge in [-0.15, -0.1) is 5.10 Å². The molecule has 1 aromatic heterocycles. The molecular formula is C29H41N7O4S. The van der Waals surface area contributed by atoms with Crippen molar-refractivity contribution >= 4 is 34.3 Å². The van der Waals surface area contributed by atoms with Gasteiger partial charge in [-0.1, -0.05) is 54.1 Å². The molecular weight excluding hydrogens is 542 g/mol. The number of nitrogens with one attached hydrogen (secondary N) is 3. The highest BCUT2D eigenvalue weighted by Gasteiger charge is 2.47. The Bertz CT molecular complexity index is 1190. The smallest absolute Gasteiger partial charge is 0.249 e. The fourth-order valence-electron chi connectivity index (χ4n) is 6.52. The molecule has 222 valence electrons. The lowest BCUT2D eigenvalue weighted by Crippen LogP contribution is -2.65. The van der Waals surface area contributed by atoms with Gasteiger partial charge >= 0.3 is 0 Å². The topological polar surface area (TPSA) is 129 Å². The first kappa shape index (κ1) is 29.6. The van der Waals surface area contributed by atoms with Crippen LogP contribution in [0.1, 0.15) is 45.4 Å². The zero-order valence-corrected chi connectivity index (χ0v) is 24.7. The lowest BCUT2D eigenvalue weighted by atomic mass is 9.83. The average Bonchev–Trinajstić information content (AvgIpc) is 3.62. The fourth-order valence-corrected chi connectivity index (χ4v) is 7.11. The molecule has 2 saturated heterocycles. The van der Waals surface area contributed by atoms with Crippen molar-refractivity contribution in [3.63, 3.8) is 0 Å². The summed E-state index contributed by atoms with van der Waals surface area (Å²) in [6.45, 7) is 4.29. The molecule has 4 atom stereocenters. The number of piperazine rings is 1. The van der Waals surface area contributed by atoms with Gasteiger partial charge in [0, 0.05) is 49.4 Å². The Labute approximate surface area is 245 Å². The summed E-state index contributed by atoms with van der Waals surface area (Å²) in [5, 5.41) is 13.8. The van der Waals surface area contributed by atoms with Gasteiger partial charge in [-0.25, -0.2) is 0 Å². The third kappa shape index (κ3) is 6.94. The molecule has 1 aliphatic carbocycles. The van der Waals surface area contributed by atoms with Crippen molar-refractivity contribution in [2.45, 2.75) is 69.7 Å². The molecule has 3 N–H and O–H groups in total. The van der Waals surface area contributed by atoms with Gasteiger partial charge in [0.25, 0.3) is 0 Å². The Balaban J connectivity index is 1.41. The molecule has 3 amide bonds. The van der Waals surface area contributed by atoms with Gasteiger partial charge in [-0.3, -0.25) is 19.3 Å². The van der Waals surface area contributed by atoms with E-state index in [2.05, 4.69) is 30.4 Å². The quantitative estimate of drug-likeness (QED) is 0.388. The molecule has 2 aliphatic heterocycles. The van der Waals surface area contributed by atoms with E-state index in [-0.39, 0.29) is 42.3 Å². The van der Waals surface area contributed by atoms with E-state index in [1.165, 1.54) is 0 Å². The third-order valence-corrected chi connectivity index (χ3v) is 9.12. The third-order valence-electron chi connectivity index (χ3n) is 8.48. The van der Waals surface area contributed by atoms with Gasteiger partial charge in [-0.2, -0.15) is 0 Å². The summed E-state index contributed by atoms with van der Waals surface area (Å²) in [6.07, 6.45) is 5.86. The first-order valence-electron chi connectivity index (χ1n) is 14.8. The number of carbonyl (C=O) groups excluding carboxylic acids is 3. The number of anilines is 1. The maximum absolute atomic E-state index is 14.4. The van der Waals surface area contributed by atoms with E-state index in [9.17, 15) is 14.4 Å². The van der Waals surface area contributed by atoms with Crippen LogP contribution >= 0.6 is 11.5 Å². The summed E-state index contributed by atoms with van der Waals surface area (Å²) in [5.74, 6) is -0.610. The molecule has 3 fully saturated rings. The number of ether oxygens (including phenoxy) is 1. The number of carbonyl (C=O) groups is 3. The van der Waals surface area contributed by atoms with Crippen LogP contribution in [0.25, 0.3) is 11.3 Å². The SMILES string of the molecule is CCOC1CC2CN(C(=O)C(NC(=O)CNC)C3CCCCC3)C(C(=O)Nc3snnc3-c3ccccc3)CN2C1. The Hall–Kier alpha value is -2.93. The molecule has 3 heterocycles. The molecule has 0 radical (unpaired) electrons. The first-order valence-corrected chi connectivity index (χ1v) is 15.5. The van der Waals surface area contributed by atoms with E-state index in [0.29, 0.717) is 30.4 Å². The minimum atomic E-state index is -0.725. The summed E-state index contributed by atoms with van der Waals surface area (Å²) < 4.78 is 10.0. The van der Waals surface area contributed by atoms with Gasteiger partial charge in [0.1, 0.15) is 22.8 Å². The summed E-state index contributed by atoms with van der Waals surface area (Å²) in [5.41, 5.74) is 1.46. The molecule has 41 heavy (non-hydrogen) atoms. The van der Waals surface area contributed by atoms with Crippen LogP contribution in [0.2, 0.25) is 0 Å². The number of hydrogen-bond acceptors (Lipinski definition) is 9. The molecule has 11 nitrogen and oxygen atoms in total. The second-order valence-electron chi connectivity index (χ2n) is 11.2. The van der Waals surface area contributed by atoms with Gasteiger partial charge < -0.3 is 25.6 Å². The summed E-state index contributed by atoms with van der Waals surface area (Å²) in [7, 11) is 1.71. The van der Waals surface area contributed by atoms with Crippen molar-refractivity contribution in [3.8, 4) is 11.3 Å². The predicted octanol–water partition coefficient (Wildman–Crippen LogP) is 2.12. The Morgan fingerprint density at radius 3 is 2.61 bits per heavy atom. The van der Waals surface area contributed by atoms with E-state index in [0.717, 1.165) is 62.2 Å². The van der Waals surface area contributed by atoms with Gasteiger partial charge in [0.2, 0.25) is 17.7 Å². The molecule has 0 bridgehead atoms. The lowest BCUT2D eigenvalue weighted by molar-refractivity contribution is -0.147. The van der Waals surface area contributed by atoms with E-state index < -0.39 is 12.1 Å². The molecule has 1 saturated carbocycles. The first-order chi connectivity index (χ1) is 20.0. The largest absolute Gasteiger partial charge is 0.377 e. The van der Waals surface area contributed by atoms with Gasteiger partial charge in [0.15, 0.2) is 0 Å². The van der Waals surface area contributed by atoms with Crippen molar-refractivity contribution in [1.82, 2.24) is 30.0 Å². The Morgan fingerprint density at radius 1 is 1.10 bits per heavy atom. The molecule has 3 aliphatic rings. The van der Waals surface area contributed by atoms with Crippen molar-refractivity contribution in [3.05, 3.63) is 30.3 Å². The standard InChI is InChI=1S/C29H41N7O4S/c1-3-40-22-14-21-16-36(29(39)26(31-24(37)15-30-2)20-12-8-5-9-13-20)23(18-35(21)17-22)27(38)32-28-25(33-34-41-28)19-10-6-4-7-11-19/h4,6-7,10-11,20-23,26,30H,3,5,8-9,12-18H2,1-2H3,(H,31,37)(H,32,38). The summed E-state index contributed by atoms with van der Waals surface area (Å²) in [4.78, 5) is 45.1. The maximum atomic E-state index is 14.4. The van der Waals surface area contributed by atoms with Crippen molar-refractivity contribution < 1.29 is 19.1 Å². The van der Waals surface area contributed by atoms with Crippen LogP contribution in [0.3, 0.4) is 0 Å². The number of nitrogens with zero attached hydrogens (tertiary/aromatic N) is 4. The number of rotatable bonds is 10. The predicted molar refractivity (Wildman–Crippen MR) is 157 cm³/mol. The van der Waals surface area contributed by atoms with Crippen LogP contribution < -0.4 is 16.0 Å². The number of fused-ring (bicyclic) bond motifs is 1. The van der Waals surface area contributed by atoms with E-state index in [1.54, 1.807) is 11.9 Å².